The Morgan fingerprint density at radius 2 is 1.92 bits per heavy atom. The molecule has 0 bridgehead atoms. The van der Waals surface area contributed by atoms with Gasteiger partial charge in [-0.25, -0.2) is 0 Å². The van der Waals surface area contributed by atoms with Crippen molar-refractivity contribution in [2.75, 3.05) is 37.0 Å². The van der Waals surface area contributed by atoms with Gasteiger partial charge in [-0.15, -0.1) is 0 Å². The van der Waals surface area contributed by atoms with Crippen LogP contribution < -0.4 is 20.3 Å². The number of nitrogens with one attached hydrogen (secondary N) is 2. The summed E-state index contributed by atoms with van der Waals surface area (Å²) in [6, 6.07) is 14.4. The highest BCUT2D eigenvalue weighted by atomic mass is 16.5. The van der Waals surface area contributed by atoms with Gasteiger partial charge < -0.3 is 20.3 Å². The number of benzene rings is 2. The molecule has 1 heterocycles. The molecule has 0 atom stereocenters. The molecule has 0 aliphatic carbocycles. The van der Waals surface area contributed by atoms with E-state index in [2.05, 4.69) is 10.6 Å². The molecule has 6 nitrogen and oxygen atoms in total. The van der Waals surface area contributed by atoms with Gasteiger partial charge >= 0.3 is 0 Å². The number of piperazine rings is 1. The molecule has 24 heavy (non-hydrogen) atoms. The number of rotatable bonds is 4. The van der Waals surface area contributed by atoms with E-state index >= 15 is 0 Å². The zero-order chi connectivity index (χ0) is 16.9. The van der Waals surface area contributed by atoms with Crippen molar-refractivity contribution < 1.29 is 14.3 Å². The fourth-order valence-corrected chi connectivity index (χ4v) is 2.64. The highest BCUT2D eigenvalue weighted by Crippen LogP contribution is 2.26. The minimum absolute atomic E-state index is 0.0162. The fraction of sp³-hybridized carbons (Fsp3) is 0.222. The van der Waals surface area contributed by atoms with E-state index in [9.17, 15) is 9.59 Å². The summed E-state index contributed by atoms with van der Waals surface area (Å²) in [4.78, 5) is 26.0. The number of nitrogens with zero attached hydrogens (tertiary/aromatic N) is 1. The van der Waals surface area contributed by atoms with Crippen LogP contribution in [-0.2, 0) is 4.79 Å². The Morgan fingerprint density at radius 1 is 1.17 bits per heavy atom. The van der Waals surface area contributed by atoms with Gasteiger partial charge in [0.25, 0.3) is 5.91 Å². The van der Waals surface area contributed by atoms with Crippen molar-refractivity contribution in [2.24, 2.45) is 0 Å². The van der Waals surface area contributed by atoms with E-state index in [1.165, 1.54) is 0 Å². The third kappa shape index (κ3) is 3.48. The first-order chi connectivity index (χ1) is 11.7. The van der Waals surface area contributed by atoms with Crippen molar-refractivity contribution in [3.8, 4) is 5.75 Å². The molecule has 0 spiro atoms. The first kappa shape index (κ1) is 15.9. The van der Waals surface area contributed by atoms with Gasteiger partial charge in [-0.3, -0.25) is 9.59 Å². The van der Waals surface area contributed by atoms with Gasteiger partial charge in [-0.1, -0.05) is 12.1 Å². The number of ether oxygens (including phenoxy) is 1. The topological polar surface area (TPSA) is 70.7 Å². The molecule has 124 valence electrons. The van der Waals surface area contributed by atoms with Gasteiger partial charge in [0.05, 0.1) is 25.0 Å². The summed E-state index contributed by atoms with van der Waals surface area (Å²) in [5.74, 6) is 0.482. The number of hydrogen-bond donors (Lipinski definition) is 2. The van der Waals surface area contributed by atoms with Crippen molar-refractivity contribution in [2.45, 2.75) is 0 Å². The van der Waals surface area contributed by atoms with E-state index in [1.54, 1.807) is 31.4 Å². The third-order valence-electron chi connectivity index (χ3n) is 3.88. The van der Waals surface area contributed by atoms with Crippen LogP contribution in [0.25, 0.3) is 0 Å². The molecular formula is C18H19N3O3. The SMILES string of the molecule is COc1ccc(C(=O)Nc2ccccc2N2CCNC(=O)C2)cc1. The largest absolute Gasteiger partial charge is 0.497 e. The molecule has 0 radical (unpaired) electrons. The van der Waals surface area contributed by atoms with Crippen molar-refractivity contribution >= 4 is 23.2 Å². The number of methoxy groups -OCH3 is 1. The molecule has 1 aliphatic heterocycles. The zero-order valence-corrected chi connectivity index (χ0v) is 13.4. The number of para-hydroxylation sites is 2. The molecule has 1 saturated heterocycles. The van der Waals surface area contributed by atoms with E-state index in [4.69, 9.17) is 4.74 Å². The average Bonchev–Trinajstić information content (AvgIpc) is 2.62. The van der Waals surface area contributed by atoms with E-state index in [1.807, 2.05) is 29.2 Å². The maximum absolute atomic E-state index is 12.5. The highest BCUT2D eigenvalue weighted by molar-refractivity contribution is 6.06. The van der Waals surface area contributed by atoms with Gasteiger partial charge in [0.1, 0.15) is 5.75 Å². The summed E-state index contributed by atoms with van der Waals surface area (Å²) in [5, 5.41) is 5.72. The van der Waals surface area contributed by atoms with Gasteiger partial charge in [0.2, 0.25) is 5.91 Å². The summed E-state index contributed by atoms with van der Waals surface area (Å²) in [5.41, 5.74) is 2.07. The maximum atomic E-state index is 12.5. The molecule has 1 aliphatic rings. The Morgan fingerprint density at radius 3 is 2.62 bits per heavy atom. The molecule has 0 unspecified atom stereocenters. The lowest BCUT2D eigenvalue weighted by molar-refractivity contribution is -0.120. The minimum Gasteiger partial charge on any atom is -0.497 e. The van der Waals surface area contributed by atoms with E-state index in [0.29, 0.717) is 30.1 Å². The molecule has 1 fully saturated rings. The van der Waals surface area contributed by atoms with Crippen molar-refractivity contribution in [3.05, 3.63) is 54.1 Å². The number of amides is 2. The summed E-state index contributed by atoms with van der Waals surface area (Å²) < 4.78 is 5.10. The third-order valence-corrected chi connectivity index (χ3v) is 3.88. The second-order valence-corrected chi connectivity index (χ2v) is 5.47. The van der Waals surface area contributed by atoms with Crippen LogP contribution in [0.2, 0.25) is 0 Å². The zero-order valence-electron chi connectivity index (χ0n) is 13.4. The predicted molar refractivity (Wildman–Crippen MR) is 92.6 cm³/mol. The predicted octanol–water partition coefficient (Wildman–Crippen LogP) is 1.88. The van der Waals surface area contributed by atoms with Crippen LogP contribution in [-0.4, -0.2) is 38.6 Å². The normalized spacial score (nSPS) is 14.0. The van der Waals surface area contributed by atoms with Crippen LogP contribution in [0.3, 0.4) is 0 Å². The molecule has 2 aromatic rings. The molecule has 3 rings (SSSR count). The number of anilines is 2. The van der Waals surface area contributed by atoms with Crippen LogP contribution in [0.1, 0.15) is 10.4 Å². The Balaban J connectivity index is 1.79. The molecule has 0 saturated carbocycles. The number of hydrogen-bond acceptors (Lipinski definition) is 4. The van der Waals surface area contributed by atoms with E-state index in [-0.39, 0.29) is 18.4 Å². The summed E-state index contributed by atoms with van der Waals surface area (Å²) in [6.07, 6.45) is 0. The summed E-state index contributed by atoms with van der Waals surface area (Å²) in [7, 11) is 1.58. The Labute approximate surface area is 140 Å². The second-order valence-electron chi connectivity index (χ2n) is 5.47. The van der Waals surface area contributed by atoms with Crippen LogP contribution in [0.5, 0.6) is 5.75 Å². The highest BCUT2D eigenvalue weighted by Gasteiger charge is 2.19. The quantitative estimate of drug-likeness (QED) is 0.900. The van der Waals surface area contributed by atoms with Gasteiger partial charge in [0, 0.05) is 18.7 Å². The molecule has 2 aromatic carbocycles. The smallest absolute Gasteiger partial charge is 0.255 e. The first-order valence-electron chi connectivity index (χ1n) is 7.73. The monoisotopic (exact) mass is 325 g/mol. The molecule has 2 N–H and O–H groups in total. The Kier molecular flexibility index (Phi) is 4.65. The first-order valence-corrected chi connectivity index (χ1v) is 7.73. The second kappa shape index (κ2) is 7.04. The fourth-order valence-electron chi connectivity index (χ4n) is 2.64. The van der Waals surface area contributed by atoms with Crippen molar-refractivity contribution in [3.63, 3.8) is 0 Å². The maximum Gasteiger partial charge on any atom is 0.255 e. The number of carbonyl (C=O) groups excluding carboxylic acids is 2. The molecule has 0 aromatic heterocycles. The molecular weight excluding hydrogens is 306 g/mol. The van der Waals surface area contributed by atoms with Crippen LogP contribution >= 0.6 is 0 Å². The summed E-state index contributed by atoms with van der Waals surface area (Å²) >= 11 is 0. The average molecular weight is 325 g/mol. The Bertz CT molecular complexity index is 743. The molecule has 2 amide bonds. The van der Waals surface area contributed by atoms with Crippen LogP contribution in [0.15, 0.2) is 48.5 Å². The van der Waals surface area contributed by atoms with Gasteiger partial charge in [-0.2, -0.15) is 0 Å². The molecule has 6 heteroatoms. The van der Waals surface area contributed by atoms with Crippen molar-refractivity contribution in [1.82, 2.24) is 5.32 Å². The van der Waals surface area contributed by atoms with E-state index < -0.39 is 0 Å². The Hall–Kier alpha value is -3.02. The van der Waals surface area contributed by atoms with Crippen LogP contribution in [0, 0.1) is 0 Å². The van der Waals surface area contributed by atoms with Gasteiger partial charge in [-0.05, 0) is 36.4 Å². The number of carbonyl (C=O) groups is 2. The standard InChI is InChI=1S/C18H19N3O3/c1-24-14-8-6-13(7-9-14)18(23)20-15-4-2-3-5-16(15)21-11-10-19-17(22)12-21/h2-9H,10-12H2,1H3,(H,19,22)(H,20,23). The lowest BCUT2D eigenvalue weighted by atomic mass is 10.1. The lowest BCUT2D eigenvalue weighted by Gasteiger charge is -2.30. The van der Waals surface area contributed by atoms with Gasteiger partial charge in [0.15, 0.2) is 0 Å². The van der Waals surface area contributed by atoms with Crippen LogP contribution in [0.4, 0.5) is 11.4 Å². The lowest BCUT2D eigenvalue weighted by Crippen LogP contribution is -2.47. The van der Waals surface area contributed by atoms with E-state index in [0.717, 1.165) is 5.69 Å². The minimum atomic E-state index is -0.202. The van der Waals surface area contributed by atoms with Crippen molar-refractivity contribution in [1.29, 1.82) is 0 Å². The summed E-state index contributed by atoms with van der Waals surface area (Å²) in [6.45, 7) is 1.59.